The largest absolute Gasteiger partial charge is 0.495 e. The third kappa shape index (κ3) is 3.42. The number of ether oxygens (including phenoxy) is 1. The minimum absolute atomic E-state index is 0.0972. The average molecular weight is 390 g/mol. The molecule has 26 heavy (non-hydrogen) atoms. The first-order valence-corrected chi connectivity index (χ1v) is 10.6. The summed E-state index contributed by atoms with van der Waals surface area (Å²) in [7, 11) is -1.78. The van der Waals surface area contributed by atoms with E-state index in [0.29, 0.717) is 17.1 Å². The molecule has 8 heteroatoms. The molecule has 1 amide bonds. The van der Waals surface area contributed by atoms with E-state index in [9.17, 15) is 13.2 Å². The number of hydrogen-bond donors (Lipinski definition) is 0. The SMILES string of the molecule is CCn1c(=NC(=O)c2cccc(S(C)(=O)=O)c2)sc2cccc(OC)c21. The Balaban J connectivity index is 2.15. The highest BCUT2D eigenvalue weighted by molar-refractivity contribution is 7.90. The highest BCUT2D eigenvalue weighted by atomic mass is 32.2. The number of carbonyl (C=O) groups excluding carboxylic acids is 1. The Hall–Kier alpha value is -2.45. The summed E-state index contributed by atoms with van der Waals surface area (Å²) < 4.78 is 31.7. The van der Waals surface area contributed by atoms with E-state index in [-0.39, 0.29) is 10.5 Å². The topological polar surface area (TPSA) is 77.7 Å². The summed E-state index contributed by atoms with van der Waals surface area (Å²) in [6.07, 6.45) is 1.11. The van der Waals surface area contributed by atoms with Gasteiger partial charge in [-0.1, -0.05) is 23.5 Å². The van der Waals surface area contributed by atoms with Crippen LogP contribution >= 0.6 is 11.3 Å². The summed E-state index contributed by atoms with van der Waals surface area (Å²) in [6.45, 7) is 2.59. The molecule has 0 bridgehead atoms. The predicted octanol–water partition coefficient (Wildman–Crippen LogP) is 2.88. The molecule has 0 spiro atoms. The number of rotatable bonds is 4. The van der Waals surface area contributed by atoms with Crippen LogP contribution < -0.4 is 9.54 Å². The van der Waals surface area contributed by atoms with Crippen molar-refractivity contribution in [1.29, 1.82) is 0 Å². The molecular formula is C18H18N2O4S2. The summed E-state index contributed by atoms with van der Waals surface area (Å²) >= 11 is 1.39. The fourth-order valence-electron chi connectivity index (χ4n) is 2.65. The molecule has 0 N–H and O–H groups in total. The lowest BCUT2D eigenvalue weighted by molar-refractivity contribution is 0.0997. The van der Waals surface area contributed by atoms with Gasteiger partial charge in [0.05, 0.1) is 16.7 Å². The van der Waals surface area contributed by atoms with Gasteiger partial charge in [-0.3, -0.25) is 4.79 Å². The van der Waals surface area contributed by atoms with E-state index < -0.39 is 15.7 Å². The lowest BCUT2D eigenvalue weighted by atomic mass is 10.2. The maximum atomic E-state index is 12.6. The van der Waals surface area contributed by atoms with Gasteiger partial charge in [0.2, 0.25) is 0 Å². The summed E-state index contributed by atoms with van der Waals surface area (Å²) in [5, 5.41) is 0. The molecule has 3 rings (SSSR count). The molecule has 6 nitrogen and oxygen atoms in total. The molecule has 0 saturated carbocycles. The fraction of sp³-hybridized carbons (Fsp3) is 0.222. The van der Waals surface area contributed by atoms with Gasteiger partial charge in [0.1, 0.15) is 11.3 Å². The van der Waals surface area contributed by atoms with Gasteiger partial charge in [-0.2, -0.15) is 4.99 Å². The summed E-state index contributed by atoms with van der Waals surface area (Å²) in [5.41, 5.74) is 1.12. The van der Waals surface area contributed by atoms with Crippen molar-refractivity contribution in [3.63, 3.8) is 0 Å². The Kier molecular flexibility index (Phi) is 4.97. The Bertz CT molecular complexity index is 1160. The molecule has 3 aromatic rings. The number of amides is 1. The van der Waals surface area contributed by atoms with E-state index in [2.05, 4.69) is 4.99 Å². The van der Waals surface area contributed by atoms with E-state index >= 15 is 0 Å². The minimum atomic E-state index is -3.39. The van der Waals surface area contributed by atoms with E-state index in [1.54, 1.807) is 19.2 Å². The lowest BCUT2D eigenvalue weighted by Gasteiger charge is -2.05. The van der Waals surface area contributed by atoms with E-state index in [0.717, 1.165) is 16.5 Å². The Morgan fingerprint density at radius 3 is 2.62 bits per heavy atom. The first-order valence-electron chi connectivity index (χ1n) is 7.90. The normalized spacial score (nSPS) is 12.5. The van der Waals surface area contributed by atoms with Crippen LogP contribution in [0.15, 0.2) is 52.4 Å². The number of para-hydroxylation sites is 1. The average Bonchev–Trinajstić information content (AvgIpc) is 2.98. The van der Waals surface area contributed by atoms with Crippen molar-refractivity contribution >= 4 is 37.3 Å². The van der Waals surface area contributed by atoms with Gasteiger partial charge in [-0.25, -0.2) is 8.42 Å². The Morgan fingerprint density at radius 1 is 1.23 bits per heavy atom. The van der Waals surface area contributed by atoms with Crippen LogP contribution in [0.3, 0.4) is 0 Å². The van der Waals surface area contributed by atoms with Crippen LogP contribution in [0, 0.1) is 0 Å². The van der Waals surface area contributed by atoms with Gasteiger partial charge in [-0.05, 0) is 37.3 Å². The van der Waals surface area contributed by atoms with Gasteiger partial charge >= 0.3 is 0 Å². The number of methoxy groups -OCH3 is 1. The number of aromatic nitrogens is 1. The molecule has 0 fully saturated rings. The summed E-state index contributed by atoms with van der Waals surface area (Å²) in [4.78, 5) is 17.5. The fourth-order valence-corrected chi connectivity index (χ4v) is 4.43. The van der Waals surface area contributed by atoms with Crippen LogP contribution in [-0.2, 0) is 16.4 Å². The van der Waals surface area contributed by atoms with Gasteiger partial charge < -0.3 is 9.30 Å². The number of benzene rings is 2. The van der Waals surface area contributed by atoms with E-state index in [4.69, 9.17) is 4.74 Å². The number of carbonyl (C=O) groups is 1. The van der Waals surface area contributed by atoms with Crippen molar-refractivity contribution in [2.24, 2.45) is 4.99 Å². The zero-order chi connectivity index (χ0) is 18.9. The maximum absolute atomic E-state index is 12.6. The molecule has 0 aliphatic heterocycles. The summed E-state index contributed by atoms with van der Waals surface area (Å²) in [6, 6.07) is 11.6. The number of aryl methyl sites for hydroxylation is 1. The Morgan fingerprint density at radius 2 is 1.96 bits per heavy atom. The molecule has 1 aromatic heterocycles. The lowest BCUT2D eigenvalue weighted by Crippen LogP contribution is -2.16. The van der Waals surface area contributed by atoms with Crippen LogP contribution in [0.4, 0.5) is 0 Å². The maximum Gasteiger partial charge on any atom is 0.279 e. The molecule has 0 radical (unpaired) electrons. The summed E-state index contributed by atoms with van der Waals surface area (Å²) in [5.74, 6) is 0.233. The smallest absolute Gasteiger partial charge is 0.279 e. The Labute approximate surface area is 155 Å². The highest BCUT2D eigenvalue weighted by Crippen LogP contribution is 2.27. The van der Waals surface area contributed by atoms with E-state index in [1.807, 2.05) is 29.7 Å². The van der Waals surface area contributed by atoms with Crippen LogP contribution in [0.25, 0.3) is 10.2 Å². The molecule has 136 valence electrons. The van der Waals surface area contributed by atoms with Crippen LogP contribution in [0.5, 0.6) is 5.75 Å². The first kappa shape index (κ1) is 18.3. The second-order valence-electron chi connectivity index (χ2n) is 5.65. The van der Waals surface area contributed by atoms with Crippen LogP contribution in [0.2, 0.25) is 0 Å². The molecule has 0 aliphatic carbocycles. The number of hydrogen-bond acceptors (Lipinski definition) is 5. The van der Waals surface area contributed by atoms with Gasteiger partial charge in [0.15, 0.2) is 14.6 Å². The monoisotopic (exact) mass is 390 g/mol. The second kappa shape index (κ2) is 7.05. The zero-order valence-corrected chi connectivity index (χ0v) is 16.2. The van der Waals surface area contributed by atoms with Crippen molar-refractivity contribution in [1.82, 2.24) is 4.57 Å². The molecule has 2 aromatic carbocycles. The van der Waals surface area contributed by atoms with Crippen molar-refractivity contribution < 1.29 is 17.9 Å². The van der Waals surface area contributed by atoms with Gasteiger partial charge in [0.25, 0.3) is 5.91 Å². The zero-order valence-electron chi connectivity index (χ0n) is 14.6. The van der Waals surface area contributed by atoms with Crippen molar-refractivity contribution in [2.45, 2.75) is 18.4 Å². The predicted molar refractivity (Wildman–Crippen MR) is 101 cm³/mol. The highest BCUT2D eigenvalue weighted by Gasteiger charge is 2.14. The van der Waals surface area contributed by atoms with Crippen LogP contribution in [0.1, 0.15) is 17.3 Å². The minimum Gasteiger partial charge on any atom is -0.495 e. The molecule has 0 aliphatic rings. The molecular weight excluding hydrogens is 372 g/mol. The van der Waals surface area contributed by atoms with Crippen molar-refractivity contribution in [2.75, 3.05) is 13.4 Å². The second-order valence-corrected chi connectivity index (χ2v) is 8.68. The third-order valence-electron chi connectivity index (χ3n) is 3.91. The van der Waals surface area contributed by atoms with Gasteiger partial charge in [-0.15, -0.1) is 0 Å². The third-order valence-corrected chi connectivity index (χ3v) is 6.06. The first-order chi connectivity index (χ1) is 12.3. The number of fused-ring (bicyclic) bond motifs is 1. The standard InChI is InChI=1S/C18H18N2O4S2/c1-4-20-16-14(24-2)9-6-10-15(16)25-18(20)19-17(21)12-7-5-8-13(11-12)26(3,22)23/h5-11H,4H2,1-3H3. The van der Waals surface area contributed by atoms with E-state index in [1.165, 1.54) is 23.5 Å². The number of sulfone groups is 1. The van der Waals surface area contributed by atoms with Gasteiger partial charge in [0, 0.05) is 18.4 Å². The number of nitrogens with zero attached hydrogens (tertiary/aromatic N) is 2. The quantitative estimate of drug-likeness (QED) is 0.686. The van der Waals surface area contributed by atoms with Crippen molar-refractivity contribution in [3.8, 4) is 5.75 Å². The molecule has 0 atom stereocenters. The molecule has 0 saturated heterocycles. The van der Waals surface area contributed by atoms with Crippen molar-refractivity contribution in [3.05, 3.63) is 52.8 Å². The molecule has 0 unspecified atom stereocenters. The molecule has 1 heterocycles. The van der Waals surface area contributed by atoms with Crippen LogP contribution in [-0.4, -0.2) is 32.3 Å². The number of thiazole rings is 1.